The van der Waals surface area contributed by atoms with Crippen LogP contribution in [0.25, 0.3) is 16.4 Å². The number of carbonyl (C=O) groups is 1. The van der Waals surface area contributed by atoms with Crippen LogP contribution >= 0.6 is 0 Å². The van der Waals surface area contributed by atoms with Gasteiger partial charge in [0.05, 0.1) is 28.7 Å². The van der Waals surface area contributed by atoms with Gasteiger partial charge in [-0.3, -0.25) is 14.5 Å². The highest BCUT2D eigenvalue weighted by Crippen LogP contribution is 2.26. The van der Waals surface area contributed by atoms with Crippen molar-refractivity contribution in [1.82, 2.24) is 24.4 Å². The molecule has 0 spiro atoms. The van der Waals surface area contributed by atoms with Gasteiger partial charge in [0.15, 0.2) is 5.82 Å². The van der Waals surface area contributed by atoms with Crippen LogP contribution in [0.4, 0.5) is 11.5 Å². The van der Waals surface area contributed by atoms with Gasteiger partial charge in [0, 0.05) is 43.5 Å². The van der Waals surface area contributed by atoms with Crippen molar-refractivity contribution in [2.75, 3.05) is 23.7 Å². The molecule has 0 aliphatic rings. The maximum Gasteiger partial charge on any atom is 0.259 e. The van der Waals surface area contributed by atoms with Crippen LogP contribution in [0.15, 0.2) is 30.6 Å². The molecule has 3 heterocycles. The molecule has 0 radical (unpaired) electrons. The minimum atomic E-state index is -0.264. The number of fused-ring (bicyclic) bond motifs is 2. The summed E-state index contributed by atoms with van der Waals surface area (Å²) < 4.78 is 3.42. The topological polar surface area (TPSA) is 115 Å². The van der Waals surface area contributed by atoms with Gasteiger partial charge in [0.1, 0.15) is 5.52 Å². The standard InChI is InChI=1S/C19H22N8O/c1-11-9-27-16(12(2)22-11)8-17(24-27)23-19(28)13-4-5-15(21-7-6-20)14-10-26(3)25-18(13)14/h4-5,8-10,21H,6-7,20H2,1-3H3,(H,23,24,28). The molecule has 0 unspecified atom stereocenters. The Morgan fingerprint density at radius 1 is 1.21 bits per heavy atom. The van der Waals surface area contributed by atoms with Gasteiger partial charge in [0.2, 0.25) is 0 Å². The lowest BCUT2D eigenvalue weighted by Gasteiger charge is -2.08. The third-order valence-corrected chi connectivity index (χ3v) is 4.50. The molecule has 0 bridgehead atoms. The summed E-state index contributed by atoms with van der Waals surface area (Å²) in [6, 6.07) is 5.44. The highest BCUT2D eigenvalue weighted by atomic mass is 16.1. The fourth-order valence-corrected chi connectivity index (χ4v) is 3.30. The first kappa shape index (κ1) is 17.9. The lowest BCUT2D eigenvalue weighted by Crippen LogP contribution is -2.15. The largest absolute Gasteiger partial charge is 0.383 e. The normalized spacial score (nSPS) is 11.3. The molecule has 9 nitrogen and oxygen atoms in total. The molecule has 4 N–H and O–H groups in total. The molecule has 0 saturated heterocycles. The summed E-state index contributed by atoms with van der Waals surface area (Å²) >= 11 is 0. The molecule has 0 aliphatic heterocycles. The molecule has 1 aromatic carbocycles. The summed E-state index contributed by atoms with van der Waals surface area (Å²) in [5, 5.41) is 15.9. The zero-order chi connectivity index (χ0) is 19.8. The van der Waals surface area contributed by atoms with Crippen molar-refractivity contribution in [3.63, 3.8) is 0 Å². The van der Waals surface area contributed by atoms with Crippen LogP contribution in [-0.2, 0) is 7.05 Å². The lowest BCUT2D eigenvalue weighted by atomic mass is 10.1. The highest BCUT2D eigenvalue weighted by molar-refractivity contribution is 6.13. The fraction of sp³-hybridized carbons (Fsp3) is 0.263. The van der Waals surface area contributed by atoms with E-state index in [-0.39, 0.29) is 5.91 Å². The molecule has 9 heteroatoms. The fourth-order valence-electron chi connectivity index (χ4n) is 3.30. The summed E-state index contributed by atoms with van der Waals surface area (Å²) in [5.74, 6) is 0.203. The van der Waals surface area contributed by atoms with Crippen LogP contribution in [-0.4, -0.2) is 43.4 Å². The second kappa shape index (κ2) is 6.93. The van der Waals surface area contributed by atoms with E-state index >= 15 is 0 Å². The van der Waals surface area contributed by atoms with E-state index in [1.165, 1.54) is 0 Å². The van der Waals surface area contributed by atoms with Gasteiger partial charge in [0.25, 0.3) is 5.91 Å². The maximum absolute atomic E-state index is 12.9. The number of hydrogen-bond acceptors (Lipinski definition) is 6. The van der Waals surface area contributed by atoms with Crippen molar-refractivity contribution < 1.29 is 4.79 Å². The van der Waals surface area contributed by atoms with Crippen LogP contribution in [0, 0.1) is 13.8 Å². The van der Waals surface area contributed by atoms with Crippen molar-refractivity contribution in [3.8, 4) is 0 Å². The van der Waals surface area contributed by atoms with E-state index in [0.717, 1.165) is 28.0 Å². The van der Waals surface area contributed by atoms with Gasteiger partial charge in [-0.2, -0.15) is 5.10 Å². The lowest BCUT2D eigenvalue weighted by molar-refractivity contribution is 0.102. The Morgan fingerprint density at radius 2 is 2.04 bits per heavy atom. The third kappa shape index (κ3) is 3.16. The number of benzene rings is 1. The molecular formula is C19H22N8O. The van der Waals surface area contributed by atoms with Gasteiger partial charge >= 0.3 is 0 Å². The van der Waals surface area contributed by atoms with Crippen LogP contribution in [0.5, 0.6) is 0 Å². The van der Waals surface area contributed by atoms with E-state index in [2.05, 4.69) is 25.8 Å². The van der Waals surface area contributed by atoms with Gasteiger partial charge in [-0.15, -0.1) is 5.10 Å². The molecule has 3 aromatic heterocycles. The van der Waals surface area contributed by atoms with Crippen molar-refractivity contribution in [2.45, 2.75) is 13.8 Å². The number of hydrogen-bond donors (Lipinski definition) is 3. The first-order valence-electron chi connectivity index (χ1n) is 9.01. The Labute approximate surface area is 161 Å². The summed E-state index contributed by atoms with van der Waals surface area (Å²) in [5.41, 5.74) is 10.2. The second-order valence-corrected chi connectivity index (χ2v) is 6.72. The molecule has 144 valence electrons. The molecule has 1 amide bonds. The number of aromatic nitrogens is 5. The zero-order valence-electron chi connectivity index (χ0n) is 16.0. The Hall–Kier alpha value is -3.46. The van der Waals surface area contributed by atoms with Gasteiger partial charge in [-0.05, 0) is 26.0 Å². The van der Waals surface area contributed by atoms with Crippen LogP contribution in [0.1, 0.15) is 21.7 Å². The van der Waals surface area contributed by atoms with Gasteiger partial charge in [-0.25, -0.2) is 4.52 Å². The average Bonchev–Trinajstić information content (AvgIpc) is 3.22. The second-order valence-electron chi connectivity index (χ2n) is 6.72. The number of amides is 1. The highest BCUT2D eigenvalue weighted by Gasteiger charge is 2.17. The van der Waals surface area contributed by atoms with E-state index in [4.69, 9.17) is 5.73 Å². The van der Waals surface area contributed by atoms with E-state index < -0.39 is 0 Å². The summed E-state index contributed by atoms with van der Waals surface area (Å²) in [4.78, 5) is 17.4. The van der Waals surface area contributed by atoms with Crippen LogP contribution < -0.4 is 16.4 Å². The molecule has 28 heavy (non-hydrogen) atoms. The molecule has 0 saturated carbocycles. The molecule has 0 aliphatic carbocycles. The third-order valence-electron chi connectivity index (χ3n) is 4.50. The predicted octanol–water partition coefficient (Wildman–Crippen LogP) is 1.86. The number of carbonyl (C=O) groups excluding carboxylic acids is 1. The van der Waals surface area contributed by atoms with E-state index in [1.54, 1.807) is 15.3 Å². The van der Waals surface area contributed by atoms with Crippen molar-refractivity contribution in [1.29, 1.82) is 0 Å². The van der Waals surface area contributed by atoms with E-state index in [1.807, 2.05) is 45.4 Å². The minimum absolute atomic E-state index is 0.264. The van der Waals surface area contributed by atoms with Crippen LogP contribution in [0.2, 0.25) is 0 Å². The molecule has 0 fully saturated rings. The first-order valence-corrected chi connectivity index (χ1v) is 9.01. The number of nitrogens with two attached hydrogens (primary N) is 1. The maximum atomic E-state index is 12.9. The number of rotatable bonds is 5. The molecular weight excluding hydrogens is 356 g/mol. The van der Waals surface area contributed by atoms with E-state index in [9.17, 15) is 4.79 Å². The summed E-state index contributed by atoms with van der Waals surface area (Å²) in [6.07, 6.45) is 3.71. The molecule has 4 rings (SSSR count). The molecule has 4 aromatic rings. The smallest absolute Gasteiger partial charge is 0.259 e. The van der Waals surface area contributed by atoms with E-state index in [0.29, 0.717) is 30.0 Å². The minimum Gasteiger partial charge on any atom is -0.383 e. The zero-order valence-corrected chi connectivity index (χ0v) is 16.0. The Bertz CT molecular complexity index is 1190. The number of aryl methyl sites for hydroxylation is 3. The van der Waals surface area contributed by atoms with Crippen molar-refractivity contribution in [2.24, 2.45) is 12.8 Å². The number of anilines is 2. The monoisotopic (exact) mass is 378 g/mol. The van der Waals surface area contributed by atoms with Crippen molar-refractivity contribution >= 4 is 33.8 Å². The summed E-state index contributed by atoms with van der Waals surface area (Å²) in [7, 11) is 1.83. The number of nitrogens with zero attached hydrogens (tertiary/aromatic N) is 5. The first-order chi connectivity index (χ1) is 13.5. The molecule has 0 atom stereocenters. The Kier molecular flexibility index (Phi) is 4.44. The predicted molar refractivity (Wildman–Crippen MR) is 109 cm³/mol. The summed E-state index contributed by atoms with van der Waals surface area (Å²) in [6.45, 7) is 4.99. The average molecular weight is 378 g/mol. The van der Waals surface area contributed by atoms with Gasteiger partial charge < -0.3 is 16.4 Å². The Morgan fingerprint density at radius 3 is 2.82 bits per heavy atom. The van der Waals surface area contributed by atoms with Gasteiger partial charge in [-0.1, -0.05) is 0 Å². The quantitative estimate of drug-likeness (QED) is 0.488. The van der Waals surface area contributed by atoms with Crippen LogP contribution in [0.3, 0.4) is 0 Å². The SMILES string of the molecule is Cc1cn2nc(NC(=O)c3ccc(NCCN)c4cn(C)nc34)cc2c(C)n1. The van der Waals surface area contributed by atoms with Crippen molar-refractivity contribution in [3.05, 3.63) is 47.5 Å². The number of nitrogens with one attached hydrogen (secondary N) is 2. The Balaban J connectivity index is 1.68.